The van der Waals surface area contributed by atoms with Gasteiger partial charge in [0.2, 0.25) is 5.41 Å². The quantitative estimate of drug-likeness (QED) is 0.297. The standard InChI is InChI=1S/C23H24O11/c1-29-13-9-7-12(8-10-13)11-14-15(18(24)30-2)16(19(25)31-3)17(20(26)32-4)23(14,21(27)33-5)22(28)34-6/h7-10H,11H2,1-6H3. The lowest BCUT2D eigenvalue weighted by atomic mass is 9.73. The van der Waals surface area contributed by atoms with Crippen LogP contribution in [0.2, 0.25) is 0 Å². The van der Waals surface area contributed by atoms with Crippen LogP contribution in [0, 0.1) is 5.41 Å². The fourth-order valence-electron chi connectivity index (χ4n) is 3.80. The van der Waals surface area contributed by atoms with Gasteiger partial charge < -0.3 is 28.4 Å². The number of carbonyl (C=O) groups is 5. The molecule has 0 unspecified atom stereocenters. The monoisotopic (exact) mass is 476 g/mol. The first-order valence-corrected chi connectivity index (χ1v) is 9.72. The highest BCUT2D eigenvalue weighted by atomic mass is 16.6. The average molecular weight is 476 g/mol. The van der Waals surface area contributed by atoms with Gasteiger partial charge in [-0.05, 0) is 29.7 Å². The van der Waals surface area contributed by atoms with Crippen LogP contribution < -0.4 is 4.74 Å². The van der Waals surface area contributed by atoms with Crippen LogP contribution in [0.5, 0.6) is 5.75 Å². The zero-order valence-electron chi connectivity index (χ0n) is 19.5. The van der Waals surface area contributed by atoms with E-state index in [4.69, 9.17) is 28.4 Å². The molecule has 0 aromatic heterocycles. The SMILES string of the molecule is COC(=O)C1=C(Cc2ccc(OC)cc2)C(C(=O)OC)(C(=O)OC)C(C(=O)OC)=C1C(=O)OC. The Kier molecular flexibility index (Phi) is 8.17. The fourth-order valence-corrected chi connectivity index (χ4v) is 3.80. The van der Waals surface area contributed by atoms with Crippen LogP contribution in [0.15, 0.2) is 46.6 Å². The summed E-state index contributed by atoms with van der Waals surface area (Å²) in [6, 6.07) is 6.43. The Morgan fingerprint density at radius 2 is 1.12 bits per heavy atom. The molecule has 0 saturated heterocycles. The summed E-state index contributed by atoms with van der Waals surface area (Å²) in [6.07, 6.45) is -0.264. The molecule has 11 heteroatoms. The van der Waals surface area contributed by atoms with E-state index >= 15 is 0 Å². The highest BCUT2D eigenvalue weighted by Gasteiger charge is 2.65. The molecule has 0 radical (unpaired) electrons. The summed E-state index contributed by atoms with van der Waals surface area (Å²) >= 11 is 0. The van der Waals surface area contributed by atoms with Crippen molar-refractivity contribution in [3.8, 4) is 5.75 Å². The maximum Gasteiger partial charge on any atom is 0.339 e. The number of esters is 5. The van der Waals surface area contributed by atoms with Gasteiger partial charge in [0.15, 0.2) is 0 Å². The van der Waals surface area contributed by atoms with E-state index in [1.165, 1.54) is 7.11 Å². The summed E-state index contributed by atoms with van der Waals surface area (Å²) in [4.78, 5) is 65.2. The van der Waals surface area contributed by atoms with Crippen molar-refractivity contribution in [2.24, 2.45) is 5.41 Å². The largest absolute Gasteiger partial charge is 0.497 e. The second-order valence-electron chi connectivity index (χ2n) is 6.84. The normalized spacial score (nSPS) is 14.3. The fraction of sp³-hybridized carbons (Fsp3) is 0.348. The molecule has 11 nitrogen and oxygen atoms in total. The molecule has 0 saturated carbocycles. The van der Waals surface area contributed by atoms with Gasteiger partial charge in [-0.1, -0.05) is 12.1 Å². The maximum atomic E-state index is 13.3. The highest BCUT2D eigenvalue weighted by Crippen LogP contribution is 2.51. The van der Waals surface area contributed by atoms with Crippen LogP contribution in [0.25, 0.3) is 0 Å². The van der Waals surface area contributed by atoms with E-state index in [2.05, 4.69) is 0 Å². The van der Waals surface area contributed by atoms with E-state index in [0.717, 1.165) is 35.5 Å². The Hall–Kier alpha value is -4.15. The number of hydrogen-bond donors (Lipinski definition) is 0. The third-order valence-corrected chi connectivity index (χ3v) is 5.32. The van der Waals surface area contributed by atoms with E-state index in [0.29, 0.717) is 11.3 Å². The minimum atomic E-state index is -2.65. The third kappa shape index (κ3) is 4.12. The van der Waals surface area contributed by atoms with Crippen molar-refractivity contribution in [2.45, 2.75) is 6.42 Å². The second-order valence-corrected chi connectivity index (χ2v) is 6.84. The van der Waals surface area contributed by atoms with Crippen molar-refractivity contribution >= 4 is 29.8 Å². The number of hydrogen-bond acceptors (Lipinski definition) is 11. The van der Waals surface area contributed by atoms with E-state index in [9.17, 15) is 24.0 Å². The molecule has 0 N–H and O–H groups in total. The molecular weight excluding hydrogens is 452 g/mol. The van der Waals surface area contributed by atoms with Crippen molar-refractivity contribution in [3.05, 3.63) is 52.1 Å². The minimum Gasteiger partial charge on any atom is -0.497 e. The first-order chi connectivity index (χ1) is 16.2. The summed E-state index contributed by atoms with van der Waals surface area (Å²) < 4.78 is 29.3. The van der Waals surface area contributed by atoms with Crippen molar-refractivity contribution in [1.29, 1.82) is 0 Å². The van der Waals surface area contributed by atoms with Gasteiger partial charge in [0.1, 0.15) is 5.75 Å². The Labute approximate surface area is 195 Å². The maximum absolute atomic E-state index is 13.3. The molecule has 34 heavy (non-hydrogen) atoms. The van der Waals surface area contributed by atoms with Gasteiger partial charge in [0.25, 0.3) is 0 Å². The average Bonchev–Trinajstić information content (AvgIpc) is 3.17. The summed E-state index contributed by atoms with van der Waals surface area (Å²) in [5.74, 6) is -5.55. The molecule has 1 aliphatic rings. The van der Waals surface area contributed by atoms with Crippen LogP contribution >= 0.6 is 0 Å². The Bertz CT molecular complexity index is 1060. The first kappa shape index (κ1) is 26.1. The van der Waals surface area contributed by atoms with Gasteiger partial charge in [0, 0.05) is 0 Å². The highest BCUT2D eigenvalue weighted by molar-refractivity contribution is 6.24. The lowest BCUT2D eigenvalue weighted by Crippen LogP contribution is -2.46. The molecule has 2 rings (SSSR count). The number of benzene rings is 1. The van der Waals surface area contributed by atoms with Crippen molar-refractivity contribution in [2.75, 3.05) is 42.7 Å². The van der Waals surface area contributed by atoms with Gasteiger partial charge >= 0.3 is 29.8 Å². The second kappa shape index (κ2) is 10.6. The number of ether oxygens (including phenoxy) is 6. The number of carbonyl (C=O) groups excluding carboxylic acids is 5. The molecule has 1 aromatic carbocycles. The van der Waals surface area contributed by atoms with Crippen LogP contribution in [0.1, 0.15) is 5.56 Å². The molecule has 0 atom stereocenters. The van der Waals surface area contributed by atoms with Gasteiger partial charge in [-0.25, -0.2) is 14.4 Å². The van der Waals surface area contributed by atoms with Gasteiger partial charge in [0.05, 0.1) is 59.4 Å². The molecule has 0 spiro atoms. The van der Waals surface area contributed by atoms with Crippen LogP contribution in [0.4, 0.5) is 0 Å². The smallest absolute Gasteiger partial charge is 0.339 e. The zero-order valence-corrected chi connectivity index (χ0v) is 19.5. The summed E-state index contributed by atoms with van der Waals surface area (Å²) in [7, 11) is 6.42. The number of methoxy groups -OCH3 is 6. The van der Waals surface area contributed by atoms with Gasteiger partial charge in [-0.3, -0.25) is 9.59 Å². The molecule has 1 aliphatic carbocycles. The summed E-state index contributed by atoms with van der Waals surface area (Å²) in [5, 5.41) is 0. The Balaban J connectivity index is 3.06. The molecule has 0 heterocycles. The lowest BCUT2D eigenvalue weighted by Gasteiger charge is -2.29. The zero-order chi connectivity index (χ0) is 25.6. The molecule has 0 bridgehead atoms. The molecule has 0 aliphatic heterocycles. The molecular formula is C23H24O11. The Morgan fingerprint density at radius 1 is 0.647 bits per heavy atom. The molecule has 0 fully saturated rings. The van der Waals surface area contributed by atoms with Crippen molar-refractivity contribution < 1.29 is 52.4 Å². The van der Waals surface area contributed by atoms with Crippen LogP contribution in [-0.2, 0) is 54.1 Å². The van der Waals surface area contributed by atoms with E-state index in [1.54, 1.807) is 24.3 Å². The van der Waals surface area contributed by atoms with E-state index < -0.39 is 52.0 Å². The minimum absolute atomic E-state index is 0.264. The first-order valence-electron chi connectivity index (χ1n) is 9.72. The van der Waals surface area contributed by atoms with Crippen molar-refractivity contribution in [1.82, 2.24) is 0 Å². The topological polar surface area (TPSA) is 141 Å². The lowest BCUT2D eigenvalue weighted by molar-refractivity contribution is -0.165. The van der Waals surface area contributed by atoms with Gasteiger partial charge in [-0.15, -0.1) is 0 Å². The Morgan fingerprint density at radius 3 is 1.53 bits per heavy atom. The predicted molar refractivity (Wildman–Crippen MR) is 113 cm³/mol. The predicted octanol–water partition coefficient (Wildman–Crippen LogP) is 0.696. The molecule has 0 amide bonds. The van der Waals surface area contributed by atoms with Gasteiger partial charge in [-0.2, -0.15) is 0 Å². The molecule has 182 valence electrons. The molecule has 1 aromatic rings. The summed E-state index contributed by atoms with van der Waals surface area (Å²) in [6.45, 7) is 0. The number of rotatable bonds is 8. The van der Waals surface area contributed by atoms with E-state index in [1.807, 2.05) is 0 Å². The van der Waals surface area contributed by atoms with E-state index in [-0.39, 0.29) is 12.0 Å². The van der Waals surface area contributed by atoms with Crippen molar-refractivity contribution in [3.63, 3.8) is 0 Å². The van der Waals surface area contributed by atoms with Crippen LogP contribution in [-0.4, -0.2) is 72.5 Å². The van der Waals surface area contributed by atoms with Crippen LogP contribution in [0.3, 0.4) is 0 Å². The summed E-state index contributed by atoms with van der Waals surface area (Å²) in [5.41, 5.74) is -4.39. The third-order valence-electron chi connectivity index (χ3n) is 5.32.